The second-order valence-electron chi connectivity index (χ2n) is 3.31. The molecule has 0 aliphatic heterocycles. The van der Waals surface area contributed by atoms with Gasteiger partial charge in [-0.05, 0) is 24.6 Å². The van der Waals surface area contributed by atoms with Crippen LogP contribution in [0.15, 0.2) is 18.2 Å². The van der Waals surface area contributed by atoms with Gasteiger partial charge in [0.1, 0.15) is 5.38 Å². The number of anilines is 1. The van der Waals surface area contributed by atoms with Crippen molar-refractivity contribution in [1.29, 1.82) is 0 Å². The van der Waals surface area contributed by atoms with Crippen LogP contribution in [-0.4, -0.2) is 18.9 Å². The maximum Gasteiger partial charge on any atom is 0.338 e. The third-order valence-corrected chi connectivity index (χ3v) is 2.66. The van der Waals surface area contributed by atoms with E-state index in [9.17, 15) is 9.59 Å². The Morgan fingerprint density at radius 1 is 1.44 bits per heavy atom. The van der Waals surface area contributed by atoms with Crippen molar-refractivity contribution in [1.82, 2.24) is 0 Å². The molecule has 0 aliphatic carbocycles. The molecule has 0 saturated heterocycles. The molecule has 0 radical (unpaired) electrons. The van der Waals surface area contributed by atoms with Gasteiger partial charge in [0.05, 0.1) is 12.7 Å². The van der Waals surface area contributed by atoms with Crippen LogP contribution in [0, 0.1) is 0 Å². The lowest BCUT2D eigenvalue weighted by Gasteiger charge is -2.11. The van der Waals surface area contributed by atoms with E-state index in [4.69, 9.17) is 17.3 Å². The van der Waals surface area contributed by atoms with Crippen LogP contribution in [0.25, 0.3) is 0 Å². The van der Waals surface area contributed by atoms with E-state index in [1.807, 2.05) is 0 Å². The molecule has 5 heteroatoms. The highest BCUT2D eigenvalue weighted by atomic mass is 35.5. The summed E-state index contributed by atoms with van der Waals surface area (Å²) in [6, 6.07) is 4.58. The zero-order valence-electron chi connectivity index (χ0n) is 8.99. The van der Waals surface area contributed by atoms with Crippen LogP contribution in [0.2, 0.25) is 0 Å². The van der Waals surface area contributed by atoms with E-state index in [0.717, 1.165) is 0 Å². The quantitative estimate of drug-likeness (QED) is 0.499. The van der Waals surface area contributed by atoms with E-state index in [1.165, 1.54) is 20.1 Å². The molecule has 4 nitrogen and oxygen atoms in total. The molecule has 0 amide bonds. The maximum atomic E-state index is 11.5. The van der Waals surface area contributed by atoms with E-state index in [2.05, 4.69) is 4.74 Å². The fourth-order valence-corrected chi connectivity index (χ4v) is 1.49. The number of ketones is 1. The van der Waals surface area contributed by atoms with Crippen LogP contribution in [0.4, 0.5) is 5.69 Å². The third-order valence-electron chi connectivity index (χ3n) is 2.11. The van der Waals surface area contributed by atoms with Crippen LogP contribution >= 0.6 is 11.6 Å². The Bertz CT molecular complexity index is 431. The van der Waals surface area contributed by atoms with Crippen LogP contribution in [0.5, 0.6) is 0 Å². The Balaban J connectivity index is 3.27. The fraction of sp³-hybridized carbons (Fsp3) is 0.273. The number of hydrogen-bond acceptors (Lipinski definition) is 4. The van der Waals surface area contributed by atoms with Gasteiger partial charge in [-0.2, -0.15) is 0 Å². The van der Waals surface area contributed by atoms with E-state index in [1.54, 1.807) is 12.1 Å². The van der Waals surface area contributed by atoms with Crippen molar-refractivity contribution < 1.29 is 14.3 Å². The number of nitrogens with two attached hydrogens (primary N) is 1. The van der Waals surface area contributed by atoms with Crippen molar-refractivity contribution in [3.8, 4) is 0 Å². The molecule has 0 fully saturated rings. The number of ether oxygens (including phenoxy) is 1. The van der Waals surface area contributed by atoms with Crippen LogP contribution in [0.1, 0.15) is 28.2 Å². The number of nitrogen functional groups attached to an aromatic ring is 1. The minimum absolute atomic E-state index is 0.220. The average Bonchev–Trinajstić information content (AvgIpc) is 2.26. The topological polar surface area (TPSA) is 69.4 Å². The summed E-state index contributed by atoms with van der Waals surface area (Å²) in [5, 5.41) is -0.866. The van der Waals surface area contributed by atoms with E-state index >= 15 is 0 Å². The SMILES string of the molecule is COC(=O)c1cc(N)ccc1C(Cl)C(C)=O. The number of halogens is 1. The van der Waals surface area contributed by atoms with Crippen LogP contribution in [0.3, 0.4) is 0 Å². The molecule has 1 atom stereocenters. The summed E-state index contributed by atoms with van der Waals surface area (Å²) in [5.74, 6) is -0.800. The zero-order chi connectivity index (χ0) is 12.3. The van der Waals surface area contributed by atoms with Gasteiger partial charge in [0.2, 0.25) is 0 Å². The molecule has 0 aliphatic rings. The highest BCUT2D eigenvalue weighted by Gasteiger charge is 2.21. The molecular weight excluding hydrogens is 230 g/mol. The highest BCUT2D eigenvalue weighted by molar-refractivity contribution is 6.31. The number of esters is 1. The Hall–Kier alpha value is -1.55. The van der Waals surface area contributed by atoms with Gasteiger partial charge >= 0.3 is 5.97 Å². The number of carbonyl (C=O) groups is 2. The molecule has 1 rings (SSSR count). The van der Waals surface area contributed by atoms with Crippen molar-refractivity contribution in [3.05, 3.63) is 29.3 Å². The fourth-order valence-electron chi connectivity index (χ4n) is 1.30. The number of Topliss-reactive ketones (excluding diaryl/α,β-unsaturated/α-hetero) is 1. The largest absolute Gasteiger partial charge is 0.465 e. The van der Waals surface area contributed by atoms with Crippen molar-refractivity contribution in [2.75, 3.05) is 12.8 Å². The van der Waals surface area contributed by atoms with Crippen LogP contribution < -0.4 is 5.73 Å². The molecule has 2 N–H and O–H groups in total. The lowest BCUT2D eigenvalue weighted by molar-refractivity contribution is -0.116. The molecule has 1 aromatic carbocycles. The van der Waals surface area contributed by atoms with Gasteiger partial charge in [0.25, 0.3) is 0 Å². The van der Waals surface area contributed by atoms with E-state index in [-0.39, 0.29) is 11.3 Å². The first-order valence-corrected chi connectivity index (χ1v) is 5.03. The minimum Gasteiger partial charge on any atom is -0.465 e. The lowest BCUT2D eigenvalue weighted by Crippen LogP contribution is -2.11. The zero-order valence-corrected chi connectivity index (χ0v) is 9.75. The Morgan fingerprint density at radius 3 is 2.56 bits per heavy atom. The van der Waals surface area contributed by atoms with Gasteiger partial charge in [-0.15, -0.1) is 11.6 Å². The Labute approximate surface area is 98.3 Å². The second-order valence-corrected chi connectivity index (χ2v) is 3.75. The molecule has 1 aromatic rings. The van der Waals surface area contributed by atoms with Gasteiger partial charge in [-0.3, -0.25) is 4.79 Å². The maximum absolute atomic E-state index is 11.5. The summed E-state index contributed by atoms with van der Waals surface area (Å²) in [5.41, 5.74) is 6.61. The van der Waals surface area contributed by atoms with Gasteiger partial charge in [0.15, 0.2) is 5.78 Å². The first-order valence-electron chi connectivity index (χ1n) is 4.59. The monoisotopic (exact) mass is 241 g/mol. The van der Waals surface area contributed by atoms with Gasteiger partial charge in [-0.1, -0.05) is 6.07 Å². The summed E-state index contributed by atoms with van der Waals surface area (Å²) >= 11 is 5.90. The molecule has 0 saturated carbocycles. The molecule has 0 bridgehead atoms. The Morgan fingerprint density at radius 2 is 2.06 bits per heavy atom. The minimum atomic E-state index is -0.866. The van der Waals surface area contributed by atoms with Crippen LogP contribution in [-0.2, 0) is 9.53 Å². The summed E-state index contributed by atoms with van der Waals surface area (Å²) in [6.45, 7) is 1.36. The van der Waals surface area contributed by atoms with E-state index in [0.29, 0.717) is 11.3 Å². The molecule has 0 aromatic heterocycles. The molecular formula is C11H12ClNO3. The van der Waals surface area contributed by atoms with Gasteiger partial charge in [-0.25, -0.2) is 4.79 Å². The smallest absolute Gasteiger partial charge is 0.338 e. The number of rotatable bonds is 3. The predicted molar refractivity (Wildman–Crippen MR) is 61.5 cm³/mol. The molecule has 86 valence electrons. The number of hydrogen-bond donors (Lipinski definition) is 1. The predicted octanol–water partition coefficient (Wildman–Crippen LogP) is 1.92. The molecule has 0 heterocycles. The van der Waals surface area contributed by atoms with Crippen molar-refractivity contribution in [3.63, 3.8) is 0 Å². The third kappa shape index (κ3) is 2.52. The second kappa shape index (κ2) is 4.99. The highest BCUT2D eigenvalue weighted by Crippen LogP contribution is 2.27. The summed E-state index contributed by atoms with van der Waals surface area (Å²) < 4.78 is 4.60. The standard InChI is InChI=1S/C11H12ClNO3/c1-6(14)10(12)8-4-3-7(13)5-9(8)11(15)16-2/h3-5,10H,13H2,1-2H3. The number of methoxy groups -OCH3 is 1. The number of carbonyl (C=O) groups excluding carboxylic acids is 2. The lowest BCUT2D eigenvalue weighted by atomic mass is 10.0. The first-order chi connectivity index (χ1) is 7.47. The number of benzene rings is 1. The summed E-state index contributed by atoms with van der Waals surface area (Å²) in [4.78, 5) is 22.6. The first kappa shape index (κ1) is 12.5. The van der Waals surface area contributed by atoms with E-state index < -0.39 is 11.3 Å². The normalized spacial score (nSPS) is 11.9. The van der Waals surface area contributed by atoms with Gasteiger partial charge < -0.3 is 10.5 Å². The van der Waals surface area contributed by atoms with Crippen molar-refractivity contribution in [2.24, 2.45) is 0 Å². The van der Waals surface area contributed by atoms with Gasteiger partial charge in [0, 0.05) is 5.69 Å². The average molecular weight is 242 g/mol. The summed E-state index contributed by atoms with van der Waals surface area (Å²) in [7, 11) is 1.26. The molecule has 0 spiro atoms. The molecule has 1 unspecified atom stereocenters. The number of alkyl halides is 1. The molecule has 16 heavy (non-hydrogen) atoms. The summed E-state index contributed by atoms with van der Waals surface area (Å²) in [6.07, 6.45) is 0. The van der Waals surface area contributed by atoms with Crippen molar-refractivity contribution >= 4 is 29.0 Å². The Kier molecular flexibility index (Phi) is 3.90. The van der Waals surface area contributed by atoms with Crippen molar-refractivity contribution in [2.45, 2.75) is 12.3 Å².